The van der Waals surface area contributed by atoms with Crippen LogP contribution < -0.4 is 5.73 Å². The highest BCUT2D eigenvalue weighted by molar-refractivity contribution is 5.59. The third-order valence-corrected chi connectivity index (χ3v) is 1.95. The minimum atomic E-state index is -0.388. The first kappa shape index (κ1) is 8.68. The van der Waals surface area contributed by atoms with Gasteiger partial charge in [-0.05, 0) is 18.2 Å². The zero-order chi connectivity index (χ0) is 10.1. The first-order valence-electron chi connectivity index (χ1n) is 4.08. The van der Waals surface area contributed by atoms with Gasteiger partial charge in [0.15, 0.2) is 5.82 Å². The Kier molecular flexibility index (Phi) is 1.92. The van der Waals surface area contributed by atoms with Gasteiger partial charge in [0.1, 0.15) is 12.1 Å². The molecule has 2 N–H and O–H groups in total. The Balaban J connectivity index is 2.58. The molecule has 2 rings (SSSR count). The maximum absolute atomic E-state index is 13.4. The average molecular weight is 192 g/mol. The van der Waals surface area contributed by atoms with Crippen LogP contribution in [0.5, 0.6) is 0 Å². The van der Waals surface area contributed by atoms with Gasteiger partial charge < -0.3 is 10.3 Å². The summed E-state index contributed by atoms with van der Waals surface area (Å²) in [7, 11) is 1.76. The fourth-order valence-corrected chi connectivity index (χ4v) is 1.24. The van der Waals surface area contributed by atoms with Crippen LogP contribution in [-0.4, -0.2) is 14.8 Å². The van der Waals surface area contributed by atoms with Gasteiger partial charge in [-0.2, -0.15) is 0 Å². The second kappa shape index (κ2) is 3.10. The standard InChI is InChI=1S/C9H9FN4/c1-14-5-12-13-9(14)7-3-2-6(11)4-8(7)10/h2-5H,11H2,1H3. The number of aromatic nitrogens is 3. The van der Waals surface area contributed by atoms with Crippen molar-refractivity contribution in [2.24, 2.45) is 7.05 Å². The van der Waals surface area contributed by atoms with Gasteiger partial charge in [0, 0.05) is 12.7 Å². The van der Waals surface area contributed by atoms with Crippen LogP contribution in [0.1, 0.15) is 0 Å². The van der Waals surface area contributed by atoms with E-state index < -0.39 is 0 Å². The highest BCUT2D eigenvalue weighted by atomic mass is 19.1. The third kappa shape index (κ3) is 1.32. The Labute approximate surface area is 80.2 Å². The van der Waals surface area contributed by atoms with Crippen molar-refractivity contribution in [3.63, 3.8) is 0 Å². The molecule has 0 fully saturated rings. The molecule has 0 unspecified atom stereocenters. The summed E-state index contributed by atoms with van der Waals surface area (Å²) in [6, 6.07) is 4.49. The van der Waals surface area contributed by atoms with Gasteiger partial charge in [0.05, 0.1) is 5.56 Å². The summed E-state index contributed by atoms with van der Waals surface area (Å²) in [6.45, 7) is 0. The molecule has 0 aliphatic carbocycles. The van der Waals surface area contributed by atoms with Gasteiger partial charge >= 0.3 is 0 Å². The highest BCUT2D eigenvalue weighted by Crippen LogP contribution is 2.21. The molecule has 0 amide bonds. The van der Waals surface area contributed by atoms with Crippen molar-refractivity contribution in [1.82, 2.24) is 14.8 Å². The largest absolute Gasteiger partial charge is 0.399 e. The first-order valence-corrected chi connectivity index (χ1v) is 4.08. The first-order chi connectivity index (χ1) is 6.68. The third-order valence-electron chi connectivity index (χ3n) is 1.95. The predicted octanol–water partition coefficient (Wildman–Crippen LogP) is 1.20. The molecule has 0 bridgehead atoms. The zero-order valence-electron chi connectivity index (χ0n) is 7.61. The van der Waals surface area contributed by atoms with Gasteiger partial charge in [0.25, 0.3) is 0 Å². The number of anilines is 1. The van der Waals surface area contributed by atoms with Crippen LogP contribution in [-0.2, 0) is 7.05 Å². The number of aryl methyl sites for hydroxylation is 1. The van der Waals surface area contributed by atoms with E-state index in [1.165, 1.54) is 12.4 Å². The van der Waals surface area contributed by atoms with Crippen molar-refractivity contribution >= 4 is 5.69 Å². The Morgan fingerprint density at radius 1 is 1.43 bits per heavy atom. The fraction of sp³-hybridized carbons (Fsp3) is 0.111. The summed E-state index contributed by atoms with van der Waals surface area (Å²) in [4.78, 5) is 0. The normalized spacial score (nSPS) is 10.4. The van der Waals surface area contributed by atoms with Crippen molar-refractivity contribution in [3.05, 3.63) is 30.3 Å². The van der Waals surface area contributed by atoms with Crippen LogP contribution in [0.2, 0.25) is 0 Å². The molecule has 0 atom stereocenters. The van der Waals surface area contributed by atoms with Gasteiger partial charge in [0.2, 0.25) is 0 Å². The molecule has 1 aromatic heterocycles. The summed E-state index contributed by atoms with van der Waals surface area (Å²) < 4.78 is 15.1. The van der Waals surface area contributed by atoms with Crippen LogP contribution in [0.25, 0.3) is 11.4 Å². The maximum Gasteiger partial charge on any atom is 0.166 e. The van der Waals surface area contributed by atoms with Crippen molar-refractivity contribution in [2.45, 2.75) is 0 Å². The van der Waals surface area contributed by atoms with Gasteiger partial charge in [-0.3, -0.25) is 0 Å². The molecule has 4 nitrogen and oxygen atoms in total. The van der Waals surface area contributed by atoms with Crippen LogP contribution in [0.3, 0.4) is 0 Å². The van der Waals surface area contributed by atoms with Crippen LogP contribution in [0, 0.1) is 5.82 Å². The second-order valence-electron chi connectivity index (χ2n) is 3.00. The quantitative estimate of drug-likeness (QED) is 0.691. The monoisotopic (exact) mass is 192 g/mol. The van der Waals surface area contributed by atoms with Crippen LogP contribution in [0.4, 0.5) is 10.1 Å². The lowest BCUT2D eigenvalue weighted by atomic mass is 10.2. The molecule has 0 saturated heterocycles. The number of benzene rings is 1. The van der Waals surface area contributed by atoms with E-state index in [0.717, 1.165) is 0 Å². The summed E-state index contributed by atoms with van der Waals surface area (Å²) in [5.74, 6) is 0.101. The van der Waals surface area contributed by atoms with Gasteiger partial charge in [-0.1, -0.05) is 0 Å². The molecular formula is C9H9FN4. The van der Waals surface area contributed by atoms with Crippen molar-refractivity contribution in [2.75, 3.05) is 5.73 Å². The molecular weight excluding hydrogens is 183 g/mol. The zero-order valence-corrected chi connectivity index (χ0v) is 7.61. The second-order valence-corrected chi connectivity index (χ2v) is 3.00. The van der Waals surface area contributed by atoms with E-state index in [1.54, 1.807) is 23.7 Å². The van der Waals surface area contributed by atoms with Gasteiger partial charge in [-0.25, -0.2) is 4.39 Å². The lowest BCUT2D eigenvalue weighted by Gasteiger charge is -2.02. The molecule has 5 heteroatoms. The molecule has 1 aromatic carbocycles. The highest BCUT2D eigenvalue weighted by Gasteiger charge is 2.09. The number of nitrogen functional groups attached to an aromatic ring is 1. The molecule has 1 heterocycles. The minimum absolute atomic E-state index is 0.388. The predicted molar refractivity (Wildman–Crippen MR) is 50.8 cm³/mol. The average Bonchev–Trinajstić information content (AvgIpc) is 2.52. The van der Waals surface area contributed by atoms with E-state index in [1.807, 2.05) is 0 Å². The number of halogens is 1. The number of rotatable bonds is 1. The van der Waals surface area contributed by atoms with E-state index >= 15 is 0 Å². The molecule has 0 radical (unpaired) electrons. The SMILES string of the molecule is Cn1cnnc1-c1ccc(N)cc1F. The summed E-state index contributed by atoms with van der Waals surface area (Å²) in [5.41, 5.74) is 6.23. The van der Waals surface area contributed by atoms with E-state index in [4.69, 9.17) is 5.73 Å². The molecule has 0 aliphatic heterocycles. The Morgan fingerprint density at radius 2 is 2.21 bits per heavy atom. The van der Waals surface area contributed by atoms with Crippen molar-refractivity contribution in [1.29, 1.82) is 0 Å². The number of hydrogen-bond acceptors (Lipinski definition) is 3. The topological polar surface area (TPSA) is 56.7 Å². The molecule has 14 heavy (non-hydrogen) atoms. The smallest absolute Gasteiger partial charge is 0.166 e. The Hall–Kier alpha value is -1.91. The molecule has 0 spiro atoms. The van der Waals surface area contributed by atoms with Crippen molar-refractivity contribution < 1.29 is 4.39 Å². The van der Waals surface area contributed by atoms with Crippen LogP contribution >= 0.6 is 0 Å². The Morgan fingerprint density at radius 3 is 2.79 bits per heavy atom. The van der Waals surface area contributed by atoms with E-state index in [9.17, 15) is 4.39 Å². The molecule has 2 aromatic rings. The summed E-state index contributed by atoms with van der Waals surface area (Å²) >= 11 is 0. The lowest BCUT2D eigenvalue weighted by molar-refractivity contribution is 0.629. The van der Waals surface area contributed by atoms with E-state index in [0.29, 0.717) is 17.1 Å². The fourth-order valence-electron chi connectivity index (χ4n) is 1.24. The van der Waals surface area contributed by atoms with Gasteiger partial charge in [-0.15, -0.1) is 10.2 Å². The van der Waals surface area contributed by atoms with Crippen molar-refractivity contribution in [3.8, 4) is 11.4 Å². The maximum atomic E-state index is 13.4. The minimum Gasteiger partial charge on any atom is -0.399 e. The Bertz CT molecular complexity index is 464. The molecule has 72 valence electrons. The molecule has 0 saturated carbocycles. The number of nitrogens with two attached hydrogens (primary N) is 1. The van der Waals surface area contributed by atoms with Crippen LogP contribution in [0.15, 0.2) is 24.5 Å². The number of hydrogen-bond donors (Lipinski definition) is 1. The number of nitrogens with zero attached hydrogens (tertiary/aromatic N) is 3. The van der Waals surface area contributed by atoms with E-state index in [-0.39, 0.29) is 5.82 Å². The van der Waals surface area contributed by atoms with E-state index in [2.05, 4.69) is 10.2 Å². The summed E-state index contributed by atoms with van der Waals surface area (Å²) in [6.07, 6.45) is 1.52. The summed E-state index contributed by atoms with van der Waals surface area (Å²) in [5, 5.41) is 7.49. The lowest BCUT2D eigenvalue weighted by Crippen LogP contribution is -1.95. The molecule has 0 aliphatic rings.